The van der Waals surface area contributed by atoms with Crippen molar-refractivity contribution in [3.05, 3.63) is 54.5 Å². The molecule has 3 heterocycles. The van der Waals surface area contributed by atoms with E-state index in [4.69, 9.17) is 4.74 Å². The van der Waals surface area contributed by atoms with E-state index in [1.54, 1.807) is 0 Å². The first kappa shape index (κ1) is 15.3. The van der Waals surface area contributed by atoms with E-state index >= 15 is 0 Å². The van der Waals surface area contributed by atoms with Crippen LogP contribution in [0, 0.1) is 5.41 Å². The minimum absolute atomic E-state index is 0.290. The monoisotopic (exact) mass is 322 g/mol. The number of hydrogen-bond donors (Lipinski definition) is 0. The Labute approximate surface area is 141 Å². The third-order valence-corrected chi connectivity index (χ3v) is 4.50. The van der Waals surface area contributed by atoms with Crippen LogP contribution in [0.25, 0.3) is 16.8 Å². The zero-order valence-corrected chi connectivity index (χ0v) is 14.1. The van der Waals surface area contributed by atoms with E-state index < -0.39 is 0 Å². The summed E-state index contributed by atoms with van der Waals surface area (Å²) in [5, 5.41) is 4.48. The van der Waals surface area contributed by atoms with E-state index in [9.17, 15) is 0 Å². The summed E-state index contributed by atoms with van der Waals surface area (Å²) in [5.74, 6) is 0. The van der Waals surface area contributed by atoms with Gasteiger partial charge in [0.25, 0.3) is 0 Å². The standard InChI is InChI=1S/C19H22N4O/c1-19(13-24-14-19)12-22(2)10-15-8-20-18-17(9-21-23(18)11-15)16-6-4-3-5-7-16/h3-9,11H,10,12-14H2,1-2H3. The molecule has 0 bridgehead atoms. The third-order valence-electron chi connectivity index (χ3n) is 4.50. The molecule has 5 nitrogen and oxygen atoms in total. The molecule has 1 saturated heterocycles. The molecule has 0 radical (unpaired) electrons. The van der Waals surface area contributed by atoms with Gasteiger partial charge in [-0.2, -0.15) is 5.10 Å². The Hall–Kier alpha value is -2.24. The maximum Gasteiger partial charge on any atom is 0.162 e. The van der Waals surface area contributed by atoms with Crippen LogP contribution in [-0.2, 0) is 11.3 Å². The van der Waals surface area contributed by atoms with Crippen LogP contribution in [-0.4, -0.2) is 46.3 Å². The Kier molecular flexibility index (Phi) is 3.82. The molecular formula is C19H22N4O. The van der Waals surface area contributed by atoms with Crippen LogP contribution in [0.1, 0.15) is 12.5 Å². The van der Waals surface area contributed by atoms with Crippen LogP contribution in [0.5, 0.6) is 0 Å². The quantitative estimate of drug-likeness (QED) is 0.724. The van der Waals surface area contributed by atoms with Crippen molar-refractivity contribution in [2.45, 2.75) is 13.5 Å². The van der Waals surface area contributed by atoms with E-state index in [0.29, 0.717) is 5.41 Å². The third kappa shape index (κ3) is 2.92. The SMILES string of the molecule is CN(Cc1cnc2c(-c3ccccc3)cnn2c1)CC1(C)COC1. The summed E-state index contributed by atoms with van der Waals surface area (Å²) < 4.78 is 7.21. The number of rotatable bonds is 5. The molecule has 1 aromatic carbocycles. The second kappa shape index (κ2) is 6.00. The molecule has 1 aliphatic heterocycles. The lowest BCUT2D eigenvalue weighted by Crippen LogP contribution is -2.47. The smallest absolute Gasteiger partial charge is 0.162 e. The highest BCUT2D eigenvalue weighted by atomic mass is 16.5. The molecule has 24 heavy (non-hydrogen) atoms. The van der Waals surface area contributed by atoms with Crippen LogP contribution in [0.2, 0.25) is 0 Å². The van der Waals surface area contributed by atoms with Gasteiger partial charge in [-0.3, -0.25) is 0 Å². The number of hydrogen-bond acceptors (Lipinski definition) is 4. The Balaban J connectivity index is 1.54. The fourth-order valence-corrected chi connectivity index (χ4v) is 3.38. The molecule has 2 aromatic heterocycles. The summed E-state index contributed by atoms with van der Waals surface area (Å²) in [7, 11) is 2.15. The fourth-order valence-electron chi connectivity index (χ4n) is 3.38. The fraction of sp³-hybridized carbons (Fsp3) is 0.368. The van der Waals surface area contributed by atoms with Crippen molar-refractivity contribution in [3.8, 4) is 11.1 Å². The Bertz CT molecular complexity index is 839. The molecule has 4 rings (SSSR count). The maximum absolute atomic E-state index is 5.34. The summed E-state index contributed by atoms with van der Waals surface area (Å²) in [6.07, 6.45) is 5.92. The van der Waals surface area contributed by atoms with Crippen molar-refractivity contribution in [1.82, 2.24) is 19.5 Å². The molecular weight excluding hydrogens is 300 g/mol. The van der Waals surface area contributed by atoms with E-state index in [0.717, 1.165) is 48.6 Å². The second-order valence-electron chi connectivity index (χ2n) is 7.13. The number of aromatic nitrogens is 3. The van der Waals surface area contributed by atoms with E-state index in [1.807, 2.05) is 35.1 Å². The van der Waals surface area contributed by atoms with Gasteiger partial charge in [0.2, 0.25) is 0 Å². The minimum Gasteiger partial charge on any atom is -0.380 e. The van der Waals surface area contributed by atoms with Gasteiger partial charge >= 0.3 is 0 Å². The highest BCUT2D eigenvalue weighted by Gasteiger charge is 2.34. The summed E-state index contributed by atoms with van der Waals surface area (Å²) in [5.41, 5.74) is 4.55. The molecule has 1 fully saturated rings. The second-order valence-corrected chi connectivity index (χ2v) is 7.13. The van der Waals surface area contributed by atoms with Gasteiger partial charge < -0.3 is 9.64 Å². The maximum atomic E-state index is 5.34. The lowest BCUT2D eigenvalue weighted by atomic mass is 9.88. The molecule has 5 heteroatoms. The number of nitrogens with zero attached hydrogens (tertiary/aromatic N) is 4. The molecule has 0 aliphatic carbocycles. The normalized spacial score (nSPS) is 16.5. The van der Waals surface area contributed by atoms with Crippen molar-refractivity contribution in [2.24, 2.45) is 5.41 Å². The van der Waals surface area contributed by atoms with E-state index in [2.05, 4.69) is 47.3 Å². The summed E-state index contributed by atoms with van der Waals surface area (Å²) in [4.78, 5) is 6.98. The number of ether oxygens (including phenoxy) is 1. The minimum atomic E-state index is 0.290. The van der Waals surface area contributed by atoms with Crippen molar-refractivity contribution in [1.29, 1.82) is 0 Å². The summed E-state index contributed by atoms with van der Waals surface area (Å²) in [6, 6.07) is 10.3. The van der Waals surface area contributed by atoms with Gasteiger partial charge in [0.15, 0.2) is 5.65 Å². The predicted octanol–water partition coefficient (Wildman–Crippen LogP) is 2.86. The van der Waals surface area contributed by atoms with E-state index in [1.165, 1.54) is 0 Å². The molecule has 0 saturated carbocycles. The Morgan fingerprint density at radius 3 is 2.71 bits per heavy atom. The van der Waals surface area contributed by atoms with Crippen molar-refractivity contribution in [3.63, 3.8) is 0 Å². The van der Waals surface area contributed by atoms with Gasteiger partial charge in [-0.15, -0.1) is 0 Å². The first-order chi connectivity index (χ1) is 11.6. The first-order valence-electron chi connectivity index (χ1n) is 8.27. The van der Waals surface area contributed by atoms with Gasteiger partial charge in [-0.05, 0) is 12.6 Å². The van der Waals surface area contributed by atoms with Crippen LogP contribution < -0.4 is 0 Å². The average molecular weight is 322 g/mol. The average Bonchev–Trinajstić information content (AvgIpc) is 2.97. The summed E-state index contributed by atoms with van der Waals surface area (Å²) in [6.45, 7) is 5.87. The molecule has 124 valence electrons. The molecule has 0 unspecified atom stereocenters. The predicted molar refractivity (Wildman–Crippen MR) is 93.7 cm³/mol. The molecule has 1 aliphatic rings. The zero-order valence-electron chi connectivity index (χ0n) is 14.1. The zero-order chi connectivity index (χ0) is 16.6. The highest BCUT2D eigenvalue weighted by Crippen LogP contribution is 2.28. The molecule has 0 spiro atoms. The van der Waals surface area contributed by atoms with Gasteiger partial charge in [-0.25, -0.2) is 9.50 Å². The van der Waals surface area contributed by atoms with Gasteiger partial charge in [0.05, 0.1) is 19.4 Å². The first-order valence-corrected chi connectivity index (χ1v) is 8.27. The molecule has 0 N–H and O–H groups in total. The lowest BCUT2D eigenvalue weighted by molar-refractivity contribution is -0.113. The number of benzene rings is 1. The topological polar surface area (TPSA) is 42.7 Å². The molecule has 0 amide bonds. The molecule has 3 aromatic rings. The van der Waals surface area contributed by atoms with Crippen molar-refractivity contribution in [2.75, 3.05) is 26.8 Å². The Morgan fingerprint density at radius 2 is 2.00 bits per heavy atom. The Morgan fingerprint density at radius 1 is 1.21 bits per heavy atom. The van der Waals surface area contributed by atoms with Crippen LogP contribution >= 0.6 is 0 Å². The van der Waals surface area contributed by atoms with Crippen LogP contribution in [0.3, 0.4) is 0 Å². The summed E-state index contributed by atoms with van der Waals surface area (Å²) >= 11 is 0. The largest absolute Gasteiger partial charge is 0.380 e. The van der Waals surface area contributed by atoms with Gasteiger partial charge in [-0.1, -0.05) is 37.3 Å². The van der Waals surface area contributed by atoms with Crippen LogP contribution in [0.4, 0.5) is 0 Å². The van der Waals surface area contributed by atoms with Gasteiger partial charge in [0, 0.05) is 42.0 Å². The lowest BCUT2D eigenvalue weighted by Gasteiger charge is -2.40. The van der Waals surface area contributed by atoms with E-state index in [-0.39, 0.29) is 0 Å². The van der Waals surface area contributed by atoms with Crippen molar-refractivity contribution < 1.29 is 4.74 Å². The van der Waals surface area contributed by atoms with Crippen molar-refractivity contribution >= 4 is 5.65 Å². The molecule has 0 atom stereocenters. The van der Waals surface area contributed by atoms with Gasteiger partial charge in [0.1, 0.15) is 0 Å². The van der Waals surface area contributed by atoms with Crippen LogP contribution in [0.15, 0.2) is 48.9 Å². The number of fused-ring (bicyclic) bond motifs is 1. The highest BCUT2D eigenvalue weighted by molar-refractivity contribution is 5.76.